The summed E-state index contributed by atoms with van der Waals surface area (Å²) in [6, 6.07) is 5.86. The Morgan fingerprint density at radius 3 is 2.28 bits per heavy atom. The highest BCUT2D eigenvalue weighted by molar-refractivity contribution is 7.21. The van der Waals surface area contributed by atoms with Crippen LogP contribution in [0.5, 0.6) is 17.2 Å². The van der Waals surface area contributed by atoms with Gasteiger partial charge >= 0.3 is 0 Å². The smallest absolute Gasteiger partial charge is 0.228 e. The van der Waals surface area contributed by atoms with Gasteiger partial charge in [-0.3, -0.25) is 4.79 Å². The largest absolute Gasteiger partial charge is 0.491 e. The van der Waals surface area contributed by atoms with E-state index in [1.165, 1.54) is 42.3 Å². The molecule has 3 rings (SSSR count). The minimum Gasteiger partial charge on any atom is -0.491 e. The number of methoxy groups -OCH3 is 2. The van der Waals surface area contributed by atoms with Crippen molar-refractivity contribution >= 4 is 21.6 Å². The van der Waals surface area contributed by atoms with E-state index in [1.807, 2.05) is 18.2 Å². The summed E-state index contributed by atoms with van der Waals surface area (Å²) < 4.78 is 17.8. The monoisotopic (exact) mass is 507 g/mol. The minimum atomic E-state index is -0.171. The van der Waals surface area contributed by atoms with E-state index in [0.717, 1.165) is 46.5 Å². The molecule has 36 heavy (non-hydrogen) atoms. The summed E-state index contributed by atoms with van der Waals surface area (Å²) in [5.41, 5.74) is 6.00. The van der Waals surface area contributed by atoms with Gasteiger partial charge in [0.1, 0.15) is 18.1 Å². The van der Waals surface area contributed by atoms with Crippen LogP contribution in [0.25, 0.3) is 20.8 Å². The van der Waals surface area contributed by atoms with Crippen LogP contribution in [0.2, 0.25) is 0 Å². The molecular formula is C30H37NO4S. The highest BCUT2D eigenvalue weighted by Gasteiger charge is 2.24. The first-order valence-electron chi connectivity index (χ1n) is 12.3. The van der Waals surface area contributed by atoms with Crippen LogP contribution in [0, 0.1) is 6.92 Å². The van der Waals surface area contributed by atoms with Crippen LogP contribution in [0.1, 0.15) is 58.9 Å². The van der Waals surface area contributed by atoms with E-state index in [9.17, 15) is 4.79 Å². The average Bonchev–Trinajstić information content (AvgIpc) is 2.84. The summed E-state index contributed by atoms with van der Waals surface area (Å²) in [5.74, 6) is 1.31. The summed E-state index contributed by atoms with van der Waals surface area (Å²) in [7, 11) is 3.00. The molecule has 2 aliphatic rings. The topological polar surface area (TPSA) is 57.7 Å². The fraction of sp³-hybridized carbons (Fsp3) is 0.400. The molecule has 0 saturated heterocycles. The molecule has 6 heteroatoms. The van der Waals surface area contributed by atoms with E-state index in [-0.39, 0.29) is 11.2 Å². The SMILES string of the molecule is COc1c2nc3cc(OC/C=C(\C)CC/C=C(\C)CCC=C(C)C)ccc3sc-2c(C)c(=O)c1OC. The van der Waals surface area contributed by atoms with Gasteiger partial charge in [-0.15, -0.1) is 11.3 Å². The lowest BCUT2D eigenvalue weighted by Gasteiger charge is -2.16. The van der Waals surface area contributed by atoms with Gasteiger partial charge in [-0.25, -0.2) is 4.98 Å². The van der Waals surface area contributed by atoms with Gasteiger partial charge in [0.05, 0.1) is 29.3 Å². The van der Waals surface area contributed by atoms with Crippen molar-refractivity contribution in [3.8, 4) is 27.8 Å². The molecule has 0 unspecified atom stereocenters. The Kier molecular flexibility index (Phi) is 9.71. The molecule has 1 aliphatic heterocycles. The maximum Gasteiger partial charge on any atom is 0.228 e. The number of benzene rings is 2. The van der Waals surface area contributed by atoms with Crippen molar-refractivity contribution in [3.05, 3.63) is 68.9 Å². The molecule has 0 bridgehead atoms. The summed E-state index contributed by atoms with van der Waals surface area (Å²) in [6.07, 6.45) is 11.1. The number of nitrogens with zero attached hydrogens (tertiary/aromatic N) is 1. The van der Waals surface area contributed by atoms with Crippen LogP contribution in [0.15, 0.2) is 57.9 Å². The minimum absolute atomic E-state index is 0.171. The Morgan fingerprint density at radius 2 is 1.61 bits per heavy atom. The first-order valence-corrected chi connectivity index (χ1v) is 13.1. The van der Waals surface area contributed by atoms with Gasteiger partial charge in [0, 0.05) is 11.6 Å². The van der Waals surface area contributed by atoms with Crippen LogP contribution in [-0.4, -0.2) is 25.8 Å². The average molecular weight is 508 g/mol. The molecule has 0 fully saturated rings. The summed E-state index contributed by atoms with van der Waals surface area (Å²) in [4.78, 5) is 18.3. The predicted octanol–water partition coefficient (Wildman–Crippen LogP) is 7.88. The van der Waals surface area contributed by atoms with E-state index >= 15 is 0 Å². The van der Waals surface area contributed by atoms with Crippen LogP contribution < -0.4 is 19.6 Å². The Morgan fingerprint density at radius 1 is 0.944 bits per heavy atom. The standard InChI is InChI=1S/C30H37NO4S/c1-19(2)10-8-11-20(3)12-9-13-21(4)16-17-35-23-14-15-25-24(18-23)31-26-28(33-6)29(34-7)27(32)22(5)30(26)36-25/h10,12,14-16,18H,8-9,11,13,17H2,1-7H3/b20-12+,21-16+. The zero-order valence-electron chi connectivity index (χ0n) is 22.5. The first-order chi connectivity index (χ1) is 17.2. The number of aromatic nitrogens is 1. The van der Waals surface area contributed by atoms with E-state index in [2.05, 4.69) is 45.9 Å². The third-order valence-electron chi connectivity index (χ3n) is 6.11. The molecule has 0 N–H and O–H groups in total. The maximum atomic E-state index is 12.7. The normalized spacial score (nSPS) is 12.2. The van der Waals surface area contributed by atoms with Crippen molar-refractivity contribution in [3.63, 3.8) is 0 Å². The van der Waals surface area contributed by atoms with Crippen molar-refractivity contribution in [1.82, 2.24) is 4.98 Å². The molecule has 0 amide bonds. The Bertz CT molecular complexity index is 1330. The number of ether oxygens (including phenoxy) is 3. The molecular weight excluding hydrogens is 470 g/mol. The van der Waals surface area contributed by atoms with Crippen molar-refractivity contribution in [2.45, 2.75) is 60.3 Å². The number of fused-ring (bicyclic) bond motifs is 2. The molecule has 0 aromatic heterocycles. The number of rotatable bonds is 11. The van der Waals surface area contributed by atoms with Crippen LogP contribution in [-0.2, 0) is 0 Å². The molecule has 1 aliphatic carbocycles. The highest BCUT2D eigenvalue weighted by Crippen LogP contribution is 2.42. The fourth-order valence-corrected chi connectivity index (χ4v) is 5.02. The van der Waals surface area contributed by atoms with E-state index in [0.29, 0.717) is 23.6 Å². The van der Waals surface area contributed by atoms with Gasteiger partial charge < -0.3 is 14.2 Å². The third kappa shape index (κ3) is 6.76. The molecule has 0 saturated carbocycles. The second-order valence-corrected chi connectivity index (χ2v) is 10.4. The second-order valence-electron chi connectivity index (χ2n) is 9.31. The quantitative estimate of drug-likeness (QED) is 0.195. The van der Waals surface area contributed by atoms with Gasteiger partial charge in [-0.2, -0.15) is 0 Å². The van der Waals surface area contributed by atoms with Gasteiger partial charge in [-0.05, 0) is 78.5 Å². The van der Waals surface area contributed by atoms with Gasteiger partial charge in [0.25, 0.3) is 0 Å². The van der Waals surface area contributed by atoms with E-state index in [4.69, 9.17) is 19.2 Å². The van der Waals surface area contributed by atoms with Crippen molar-refractivity contribution in [1.29, 1.82) is 0 Å². The Hall–Kier alpha value is -3.12. The van der Waals surface area contributed by atoms with Crippen molar-refractivity contribution in [2.75, 3.05) is 20.8 Å². The second kappa shape index (κ2) is 12.7. The number of allylic oxidation sites excluding steroid dienone is 5. The van der Waals surface area contributed by atoms with E-state index in [1.54, 1.807) is 6.92 Å². The number of hydrogen-bond acceptors (Lipinski definition) is 6. The zero-order valence-corrected chi connectivity index (χ0v) is 23.3. The fourth-order valence-electron chi connectivity index (χ4n) is 3.98. The Labute approximate surface area is 218 Å². The molecule has 0 spiro atoms. The summed E-state index contributed by atoms with van der Waals surface area (Å²) >= 11 is 1.52. The maximum absolute atomic E-state index is 12.7. The van der Waals surface area contributed by atoms with Crippen LogP contribution in [0.4, 0.5) is 0 Å². The van der Waals surface area contributed by atoms with Gasteiger partial charge in [0.2, 0.25) is 11.2 Å². The number of hydrogen-bond donors (Lipinski definition) is 0. The molecule has 1 aromatic rings. The first kappa shape index (κ1) is 27.5. The molecule has 0 atom stereocenters. The lowest BCUT2D eigenvalue weighted by Crippen LogP contribution is -2.13. The lowest BCUT2D eigenvalue weighted by atomic mass is 10.1. The van der Waals surface area contributed by atoms with Gasteiger partial charge in [0.15, 0.2) is 5.75 Å². The highest BCUT2D eigenvalue weighted by atomic mass is 32.1. The molecule has 192 valence electrons. The van der Waals surface area contributed by atoms with Crippen LogP contribution >= 0.6 is 11.3 Å². The molecule has 1 aromatic carbocycles. The van der Waals surface area contributed by atoms with Crippen LogP contribution in [0.3, 0.4) is 0 Å². The molecule has 5 nitrogen and oxygen atoms in total. The van der Waals surface area contributed by atoms with Crippen molar-refractivity contribution < 1.29 is 14.2 Å². The lowest BCUT2D eigenvalue weighted by molar-refractivity contribution is 0.352. The zero-order chi connectivity index (χ0) is 26.2. The predicted molar refractivity (Wildman–Crippen MR) is 151 cm³/mol. The third-order valence-corrected chi connectivity index (χ3v) is 7.38. The summed E-state index contributed by atoms with van der Waals surface area (Å²) in [5, 5.41) is 0. The Balaban J connectivity index is 1.69. The molecule has 1 heterocycles. The van der Waals surface area contributed by atoms with E-state index < -0.39 is 0 Å². The van der Waals surface area contributed by atoms with Gasteiger partial charge in [-0.1, -0.05) is 28.9 Å². The summed E-state index contributed by atoms with van der Waals surface area (Å²) in [6.45, 7) is 11.0. The van der Waals surface area contributed by atoms with Crippen molar-refractivity contribution in [2.24, 2.45) is 0 Å². The molecule has 0 radical (unpaired) electrons.